The zero-order valence-corrected chi connectivity index (χ0v) is 13.4. The van der Waals surface area contributed by atoms with Crippen LogP contribution in [0.25, 0.3) is 0 Å². The predicted octanol–water partition coefficient (Wildman–Crippen LogP) is 2.50. The van der Waals surface area contributed by atoms with Gasteiger partial charge in [-0.1, -0.05) is 13.8 Å². The van der Waals surface area contributed by atoms with E-state index in [9.17, 15) is 0 Å². The van der Waals surface area contributed by atoms with Gasteiger partial charge in [-0.05, 0) is 45.1 Å². The number of aryl methyl sites for hydroxylation is 1. The maximum Gasteiger partial charge on any atom is 0.0644 e. The van der Waals surface area contributed by atoms with Crippen molar-refractivity contribution in [2.24, 2.45) is 5.41 Å². The fraction of sp³-hybridized carbons (Fsp3) is 0.812. The number of aliphatic hydroxyl groups is 1. The minimum Gasteiger partial charge on any atom is -0.394 e. The highest BCUT2D eigenvalue weighted by molar-refractivity contribution is 5.24. The highest BCUT2D eigenvalue weighted by Crippen LogP contribution is 2.33. The summed E-state index contributed by atoms with van der Waals surface area (Å²) in [5, 5.41) is 13.6. The average molecular weight is 279 g/mol. The number of aromatic nitrogens is 2. The number of aliphatic hydroxyl groups excluding tert-OH is 1. The molecule has 2 heterocycles. The van der Waals surface area contributed by atoms with Gasteiger partial charge < -0.3 is 5.11 Å². The Morgan fingerprint density at radius 1 is 1.35 bits per heavy atom. The van der Waals surface area contributed by atoms with Crippen LogP contribution in [0.1, 0.15) is 50.1 Å². The first kappa shape index (κ1) is 15.5. The molecule has 1 unspecified atom stereocenters. The molecule has 2 rings (SSSR count). The van der Waals surface area contributed by atoms with Crippen molar-refractivity contribution in [3.63, 3.8) is 0 Å². The first-order valence-corrected chi connectivity index (χ1v) is 7.85. The minimum atomic E-state index is 0.152. The molecule has 0 spiro atoms. The Labute approximate surface area is 122 Å². The molecule has 0 amide bonds. The van der Waals surface area contributed by atoms with Crippen molar-refractivity contribution in [3.05, 3.63) is 17.0 Å². The fourth-order valence-corrected chi connectivity index (χ4v) is 3.35. The number of likely N-dealkylation sites (tertiary alicyclic amines) is 1. The van der Waals surface area contributed by atoms with Gasteiger partial charge in [-0.3, -0.25) is 9.58 Å². The van der Waals surface area contributed by atoms with Crippen molar-refractivity contribution in [1.29, 1.82) is 0 Å². The standard InChI is InChI=1S/C16H29N3O/c1-5-16(4)7-6-8-18(12-16)11-15-13(2)17-19(9-10-20)14(15)3/h20H,5-12H2,1-4H3. The highest BCUT2D eigenvalue weighted by atomic mass is 16.3. The summed E-state index contributed by atoms with van der Waals surface area (Å²) < 4.78 is 1.94. The van der Waals surface area contributed by atoms with Crippen LogP contribution in [0.2, 0.25) is 0 Å². The molecule has 0 radical (unpaired) electrons. The molecule has 1 atom stereocenters. The molecule has 1 fully saturated rings. The van der Waals surface area contributed by atoms with Crippen LogP contribution in [0.3, 0.4) is 0 Å². The molecular weight excluding hydrogens is 250 g/mol. The van der Waals surface area contributed by atoms with Gasteiger partial charge in [0.2, 0.25) is 0 Å². The lowest BCUT2D eigenvalue weighted by Crippen LogP contribution is -2.41. The summed E-state index contributed by atoms with van der Waals surface area (Å²) in [5.74, 6) is 0. The fourth-order valence-electron chi connectivity index (χ4n) is 3.35. The van der Waals surface area contributed by atoms with E-state index in [1.807, 2.05) is 4.68 Å². The van der Waals surface area contributed by atoms with E-state index >= 15 is 0 Å². The first-order chi connectivity index (χ1) is 9.49. The van der Waals surface area contributed by atoms with E-state index in [0.717, 1.165) is 12.2 Å². The Morgan fingerprint density at radius 2 is 2.10 bits per heavy atom. The van der Waals surface area contributed by atoms with Crippen molar-refractivity contribution in [1.82, 2.24) is 14.7 Å². The van der Waals surface area contributed by atoms with Crippen molar-refractivity contribution in [2.45, 2.75) is 60.0 Å². The molecule has 0 aromatic carbocycles. The van der Waals surface area contributed by atoms with Gasteiger partial charge in [0.15, 0.2) is 0 Å². The number of piperidine rings is 1. The van der Waals surface area contributed by atoms with Crippen LogP contribution in [0.15, 0.2) is 0 Å². The van der Waals surface area contributed by atoms with Crippen molar-refractivity contribution in [3.8, 4) is 0 Å². The second-order valence-corrected chi connectivity index (χ2v) is 6.57. The first-order valence-electron chi connectivity index (χ1n) is 7.85. The van der Waals surface area contributed by atoms with E-state index in [-0.39, 0.29) is 6.61 Å². The summed E-state index contributed by atoms with van der Waals surface area (Å²) in [6.45, 7) is 13.0. The molecule has 1 aromatic heterocycles. The summed E-state index contributed by atoms with van der Waals surface area (Å²) >= 11 is 0. The third kappa shape index (κ3) is 3.23. The summed E-state index contributed by atoms with van der Waals surface area (Å²) in [5.41, 5.74) is 4.14. The van der Waals surface area contributed by atoms with Gasteiger partial charge in [0.25, 0.3) is 0 Å². The van der Waals surface area contributed by atoms with Gasteiger partial charge >= 0.3 is 0 Å². The molecule has 0 aliphatic carbocycles. The van der Waals surface area contributed by atoms with Gasteiger partial charge in [-0.25, -0.2) is 0 Å². The Bertz CT molecular complexity index is 455. The molecule has 1 aromatic rings. The molecule has 0 saturated carbocycles. The molecule has 0 bridgehead atoms. The topological polar surface area (TPSA) is 41.3 Å². The smallest absolute Gasteiger partial charge is 0.0644 e. The second kappa shape index (κ2) is 6.27. The number of hydrogen-bond acceptors (Lipinski definition) is 3. The Morgan fingerprint density at radius 3 is 2.75 bits per heavy atom. The number of rotatable bonds is 5. The van der Waals surface area contributed by atoms with Gasteiger partial charge in [0, 0.05) is 24.3 Å². The molecule has 1 aliphatic heterocycles. The van der Waals surface area contributed by atoms with Crippen LogP contribution in [0.4, 0.5) is 0 Å². The maximum atomic E-state index is 9.09. The monoisotopic (exact) mass is 279 g/mol. The summed E-state index contributed by atoms with van der Waals surface area (Å²) in [7, 11) is 0. The van der Waals surface area contributed by atoms with E-state index in [1.165, 1.54) is 43.6 Å². The normalized spacial score (nSPS) is 24.2. The molecule has 4 nitrogen and oxygen atoms in total. The molecule has 20 heavy (non-hydrogen) atoms. The van der Waals surface area contributed by atoms with E-state index in [1.54, 1.807) is 0 Å². The third-order valence-electron chi connectivity index (χ3n) is 4.94. The summed E-state index contributed by atoms with van der Waals surface area (Å²) in [6.07, 6.45) is 3.90. The summed E-state index contributed by atoms with van der Waals surface area (Å²) in [6, 6.07) is 0. The van der Waals surface area contributed by atoms with Gasteiger partial charge in [0.1, 0.15) is 0 Å². The molecule has 1 saturated heterocycles. The van der Waals surface area contributed by atoms with Gasteiger partial charge in [0.05, 0.1) is 18.8 Å². The lowest BCUT2D eigenvalue weighted by atomic mass is 9.79. The molecule has 4 heteroatoms. The Balaban J connectivity index is 2.10. The number of nitrogens with zero attached hydrogens (tertiary/aromatic N) is 3. The van der Waals surface area contributed by atoms with Crippen LogP contribution in [0.5, 0.6) is 0 Å². The van der Waals surface area contributed by atoms with Crippen molar-refractivity contribution in [2.75, 3.05) is 19.7 Å². The van der Waals surface area contributed by atoms with Crippen LogP contribution in [-0.4, -0.2) is 39.5 Å². The Hall–Kier alpha value is -0.870. The second-order valence-electron chi connectivity index (χ2n) is 6.57. The average Bonchev–Trinajstić information content (AvgIpc) is 2.67. The zero-order chi connectivity index (χ0) is 14.8. The highest BCUT2D eigenvalue weighted by Gasteiger charge is 2.29. The maximum absolute atomic E-state index is 9.09. The van der Waals surface area contributed by atoms with Crippen LogP contribution in [-0.2, 0) is 13.1 Å². The van der Waals surface area contributed by atoms with Gasteiger partial charge in [-0.15, -0.1) is 0 Å². The van der Waals surface area contributed by atoms with E-state index in [2.05, 4.69) is 37.7 Å². The predicted molar refractivity (Wildman–Crippen MR) is 81.7 cm³/mol. The van der Waals surface area contributed by atoms with E-state index in [0.29, 0.717) is 12.0 Å². The summed E-state index contributed by atoms with van der Waals surface area (Å²) in [4.78, 5) is 2.58. The van der Waals surface area contributed by atoms with Crippen molar-refractivity contribution >= 4 is 0 Å². The van der Waals surface area contributed by atoms with Crippen LogP contribution in [0, 0.1) is 19.3 Å². The lowest BCUT2D eigenvalue weighted by molar-refractivity contribution is 0.0934. The Kier molecular flexibility index (Phi) is 4.86. The van der Waals surface area contributed by atoms with Crippen molar-refractivity contribution < 1.29 is 5.11 Å². The lowest BCUT2D eigenvalue weighted by Gasteiger charge is -2.40. The molecular formula is C16H29N3O. The van der Waals surface area contributed by atoms with Gasteiger partial charge in [-0.2, -0.15) is 5.10 Å². The minimum absolute atomic E-state index is 0.152. The zero-order valence-electron chi connectivity index (χ0n) is 13.4. The number of hydrogen-bond donors (Lipinski definition) is 1. The van der Waals surface area contributed by atoms with E-state index < -0.39 is 0 Å². The molecule has 1 N–H and O–H groups in total. The molecule has 114 valence electrons. The van der Waals surface area contributed by atoms with Crippen LogP contribution >= 0.6 is 0 Å². The molecule has 1 aliphatic rings. The van der Waals surface area contributed by atoms with E-state index in [4.69, 9.17) is 5.11 Å². The largest absolute Gasteiger partial charge is 0.394 e. The SMILES string of the molecule is CCC1(C)CCCN(Cc2c(C)nn(CCO)c2C)C1. The third-order valence-corrected chi connectivity index (χ3v) is 4.94. The quantitative estimate of drug-likeness (QED) is 0.900. The van der Waals surface area contributed by atoms with Crippen LogP contribution < -0.4 is 0 Å².